The van der Waals surface area contributed by atoms with E-state index in [1.165, 1.54) is 0 Å². The van der Waals surface area contributed by atoms with E-state index in [2.05, 4.69) is 0 Å². The van der Waals surface area contributed by atoms with Crippen LogP contribution in [0, 0.1) is 0 Å². The molecule has 0 bridgehead atoms. The summed E-state index contributed by atoms with van der Waals surface area (Å²) in [5.41, 5.74) is 20.4. The zero-order chi connectivity index (χ0) is 77.3. The van der Waals surface area contributed by atoms with Crippen LogP contribution in [0.4, 0.5) is 0 Å². The van der Waals surface area contributed by atoms with E-state index in [9.17, 15) is 5.11 Å². The van der Waals surface area contributed by atoms with Gasteiger partial charge in [0, 0.05) is 52.9 Å². The van der Waals surface area contributed by atoms with Crippen molar-refractivity contribution in [3.8, 4) is 69.0 Å². The minimum Gasteiger partial charge on any atom is -0.489 e. The molecule has 0 aromatic heterocycles. The molecule has 0 fully saturated rings. The lowest BCUT2D eigenvalue weighted by molar-refractivity contribution is 0.0191. The van der Waals surface area contributed by atoms with Gasteiger partial charge in [-0.15, -0.1) is 0 Å². The van der Waals surface area contributed by atoms with Crippen LogP contribution in [0.15, 0.2) is 352 Å². The van der Waals surface area contributed by atoms with E-state index in [1.807, 2.05) is 352 Å². The zero-order valence-electron chi connectivity index (χ0n) is 63.2. The third kappa shape index (κ3) is 22.1. The topological polar surface area (TPSA) is 157 Å². The van der Waals surface area contributed by atoms with Crippen LogP contribution in [-0.2, 0) is 78.9 Å². The Morgan fingerprint density at radius 2 is 0.466 bits per heavy atom. The van der Waals surface area contributed by atoms with Crippen LogP contribution in [-0.4, -0.2) is 17.3 Å². The average Bonchev–Trinajstić information content (AvgIpc) is 0.773. The second-order valence-corrected chi connectivity index (χ2v) is 27.9. The molecule has 0 saturated heterocycles. The van der Waals surface area contributed by atoms with E-state index < -0.39 is 24.4 Å². The van der Waals surface area contributed by atoms with Crippen LogP contribution in [0.1, 0.15) is 105 Å². The number of aliphatic hydroxyl groups excluding tert-OH is 1. The fourth-order valence-corrected chi connectivity index (χ4v) is 13.5. The van der Waals surface area contributed by atoms with Gasteiger partial charge in [0.1, 0.15) is 107 Å². The fraction of sp³-hybridized carbons (Fsp3) is 0.176. The van der Waals surface area contributed by atoms with Gasteiger partial charge in [-0.3, -0.25) is 0 Å². The Labute approximate surface area is 680 Å². The SMILES string of the molecule is C.C.N[C@@H]1Cc2c(OCc3ccccc3)cc(OCc3ccccc3)cc2O[C@@H]1c1cc(OCc2ccccc2)c(OCc2ccccc2)c(OCc2ccccc2)c1.O[C@H]1Cc2c(OCc3ccccc3)cc(OCc3ccccc3)cc2O[C@@H]1c1cc(OCc2ccccc2)c(OCc2ccccc2)c(OCc2ccccc2)c1. The molecule has 0 spiro atoms. The quantitative estimate of drug-likeness (QED) is 0.0410. The number of hydrogen-bond acceptors (Lipinski definition) is 14. The highest BCUT2D eigenvalue weighted by Gasteiger charge is 2.36. The highest BCUT2D eigenvalue weighted by atomic mass is 16.6. The molecule has 14 aromatic rings. The number of hydrogen-bond donors (Lipinski definition) is 2. The van der Waals surface area contributed by atoms with Gasteiger partial charge in [0.25, 0.3) is 0 Å². The predicted octanol–water partition coefficient (Wildman–Crippen LogP) is 22.5. The number of aliphatic hydroxyl groups is 1. The molecule has 0 aliphatic carbocycles. The summed E-state index contributed by atoms with van der Waals surface area (Å²) < 4.78 is 78.5. The maximum Gasteiger partial charge on any atom is 0.203 e. The lowest BCUT2D eigenvalue weighted by atomic mass is 9.92. The van der Waals surface area contributed by atoms with E-state index in [4.69, 9.17) is 62.6 Å². The molecule has 0 saturated carbocycles. The first-order valence-corrected chi connectivity index (χ1v) is 38.4. The van der Waals surface area contributed by atoms with Crippen LogP contribution in [0.5, 0.6) is 69.0 Å². The highest BCUT2D eigenvalue weighted by molar-refractivity contribution is 5.59. The number of benzene rings is 14. The Balaban J connectivity index is 0.000000198. The van der Waals surface area contributed by atoms with E-state index in [1.54, 1.807) is 0 Å². The van der Waals surface area contributed by atoms with Crippen LogP contribution in [0.3, 0.4) is 0 Å². The molecule has 14 heteroatoms. The molecule has 14 aromatic carbocycles. The van der Waals surface area contributed by atoms with E-state index in [0.717, 1.165) is 72.3 Å². The van der Waals surface area contributed by atoms with Crippen molar-refractivity contribution in [1.82, 2.24) is 0 Å². The molecular weight excluding hydrogens is 1450 g/mol. The van der Waals surface area contributed by atoms with Crippen molar-refractivity contribution in [3.05, 3.63) is 430 Å². The number of ether oxygens (including phenoxy) is 12. The van der Waals surface area contributed by atoms with Crippen molar-refractivity contribution in [1.29, 1.82) is 0 Å². The minimum atomic E-state index is -0.923. The molecule has 588 valence electrons. The second kappa shape index (κ2) is 40.9. The van der Waals surface area contributed by atoms with E-state index in [0.29, 0.717) is 147 Å². The zero-order valence-corrected chi connectivity index (χ0v) is 63.2. The van der Waals surface area contributed by atoms with Crippen molar-refractivity contribution in [2.75, 3.05) is 0 Å². The Morgan fingerprint density at radius 3 is 0.733 bits per heavy atom. The summed E-state index contributed by atoms with van der Waals surface area (Å²) >= 11 is 0. The van der Waals surface area contributed by atoms with Gasteiger partial charge in [0.15, 0.2) is 29.1 Å². The highest BCUT2D eigenvalue weighted by Crippen LogP contribution is 2.50. The van der Waals surface area contributed by atoms with E-state index >= 15 is 0 Å². The third-order valence-corrected chi connectivity index (χ3v) is 19.5. The van der Waals surface area contributed by atoms with Gasteiger partial charge >= 0.3 is 0 Å². The molecule has 16 rings (SSSR count). The molecule has 2 heterocycles. The smallest absolute Gasteiger partial charge is 0.203 e. The van der Waals surface area contributed by atoms with Crippen LogP contribution >= 0.6 is 0 Å². The summed E-state index contributed by atoms with van der Waals surface area (Å²) in [7, 11) is 0. The standard InChI is InChI=1S/C50H45NO6.C50H44O7.2CH4/c2*51-44-30-43-45(53-32-37-18-8-2-9-19-37)28-42(52-31-36-16-6-1-7-17-36)29-46(43)57-49(44)41-26-47(54-33-38-20-10-3-11-21-38)50(56-35-40-24-14-5-15-25-40)48(27-41)55-34-39-22-12-4-13-23-39;;/h1-29,44,49H,30-35,51H2;1-29,44,49,51H,30-35H2;2*1H4/t44-,49-;44-,49+;;/m10../s1. The molecule has 0 unspecified atom stereocenters. The average molecular weight is 1540 g/mol. The molecule has 2 aliphatic heterocycles. The molecule has 14 nitrogen and oxygen atoms in total. The summed E-state index contributed by atoms with van der Waals surface area (Å²) in [6.45, 7) is 3.39. The predicted molar refractivity (Wildman–Crippen MR) is 455 cm³/mol. The Hall–Kier alpha value is -13.4. The van der Waals surface area contributed by atoms with Gasteiger partial charge in [-0.1, -0.05) is 318 Å². The normalized spacial score (nSPS) is 14.2. The Kier molecular flexibility index (Phi) is 28.4. The lowest BCUT2D eigenvalue weighted by Gasteiger charge is -2.33. The largest absolute Gasteiger partial charge is 0.489 e. The van der Waals surface area contributed by atoms with Crippen LogP contribution in [0.2, 0.25) is 0 Å². The van der Waals surface area contributed by atoms with Crippen LogP contribution < -0.4 is 62.6 Å². The van der Waals surface area contributed by atoms with Gasteiger partial charge < -0.3 is 67.7 Å². The van der Waals surface area contributed by atoms with Crippen molar-refractivity contribution < 1.29 is 61.9 Å². The first kappa shape index (κ1) is 80.6. The van der Waals surface area contributed by atoms with Gasteiger partial charge in [-0.25, -0.2) is 0 Å². The van der Waals surface area contributed by atoms with Crippen molar-refractivity contribution in [2.45, 2.75) is 118 Å². The van der Waals surface area contributed by atoms with Crippen molar-refractivity contribution in [2.24, 2.45) is 5.73 Å². The van der Waals surface area contributed by atoms with Crippen LogP contribution in [0.25, 0.3) is 0 Å². The number of rotatable bonds is 32. The number of nitrogens with two attached hydrogens (primary N) is 1. The Morgan fingerprint density at radius 1 is 0.250 bits per heavy atom. The molecule has 116 heavy (non-hydrogen) atoms. The first-order chi connectivity index (χ1) is 56.3. The maximum atomic E-state index is 11.9. The van der Waals surface area contributed by atoms with E-state index in [-0.39, 0.29) is 21.3 Å². The summed E-state index contributed by atoms with van der Waals surface area (Å²) in [5.74, 6) is 6.72. The summed E-state index contributed by atoms with van der Waals surface area (Å²) in [6.07, 6.45) is -1.45. The van der Waals surface area contributed by atoms with Crippen molar-refractivity contribution in [3.63, 3.8) is 0 Å². The van der Waals surface area contributed by atoms with Crippen molar-refractivity contribution >= 4 is 0 Å². The van der Waals surface area contributed by atoms with Gasteiger partial charge in [-0.2, -0.15) is 0 Å². The lowest BCUT2D eigenvalue weighted by Crippen LogP contribution is -2.37. The summed E-state index contributed by atoms with van der Waals surface area (Å²) in [6, 6.07) is 115. The third-order valence-electron chi connectivity index (χ3n) is 19.5. The molecule has 4 atom stereocenters. The second-order valence-electron chi connectivity index (χ2n) is 27.9. The molecule has 0 radical (unpaired) electrons. The molecular formula is C102H97NO13. The summed E-state index contributed by atoms with van der Waals surface area (Å²) in [5, 5.41) is 11.9. The Bertz CT molecular complexity index is 4850. The van der Waals surface area contributed by atoms with Gasteiger partial charge in [-0.05, 0) is 86.3 Å². The number of fused-ring (bicyclic) bond motifs is 2. The van der Waals surface area contributed by atoms with Gasteiger partial charge in [0.05, 0.1) is 12.1 Å². The summed E-state index contributed by atoms with van der Waals surface area (Å²) in [4.78, 5) is 0. The maximum absolute atomic E-state index is 11.9. The molecule has 3 N–H and O–H groups in total. The monoisotopic (exact) mass is 1540 g/mol. The molecule has 2 aliphatic rings. The molecule has 0 amide bonds. The fourth-order valence-electron chi connectivity index (χ4n) is 13.5. The minimum absolute atomic E-state index is 0. The van der Waals surface area contributed by atoms with Gasteiger partial charge in [0.2, 0.25) is 11.5 Å². The first-order valence-electron chi connectivity index (χ1n) is 38.4.